The third-order valence-electron chi connectivity index (χ3n) is 3.44. The van der Waals surface area contributed by atoms with Crippen LogP contribution in [0.15, 0.2) is 52.3 Å². The van der Waals surface area contributed by atoms with Crippen LogP contribution in [-0.2, 0) is 14.3 Å². The number of ether oxygens (including phenoxy) is 1. The van der Waals surface area contributed by atoms with Crippen LogP contribution in [0.1, 0.15) is 11.1 Å². The third-order valence-corrected chi connectivity index (χ3v) is 5.17. The van der Waals surface area contributed by atoms with Gasteiger partial charge >= 0.3 is 5.97 Å². The Bertz CT molecular complexity index is 847. The number of carbonyl (C=O) groups is 2. The van der Waals surface area contributed by atoms with Gasteiger partial charge in [0.1, 0.15) is 5.40 Å². The lowest BCUT2D eigenvalue weighted by molar-refractivity contribution is -0.144. The molecule has 0 heterocycles. The Hall–Kier alpha value is -2.43. The fourth-order valence-electron chi connectivity index (χ4n) is 2.12. The van der Waals surface area contributed by atoms with Crippen molar-refractivity contribution in [2.24, 2.45) is 0 Å². The summed E-state index contributed by atoms with van der Waals surface area (Å²) >= 11 is 2.44. The Kier molecular flexibility index (Phi) is 7.57. The van der Waals surface area contributed by atoms with Gasteiger partial charge < -0.3 is 10.1 Å². The number of nitrogens with zero attached hydrogens (tertiary/aromatic N) is 1. The molecule has 0 fully saturated rings. The second-order valence-corrected chi connectivity index (χ2v) is 7.31. The van der Waals surface area contributed by atoms with Crippen molar-refractivity contribution in [3.05, 3.63) is 53.6 Å². The fourth-order valence-corrected chi connectivity index (χ4v) is 3.43. The molecule has 0 spiro atoms. The number of anilines is 1. The molecular formula is C19H18N2O3S2. The van der Waals surface area contributed by atoms with E-state index < -0.39 is 11.9 Å². The summed E-state index contributed by atoms with van der Waals surface area (Å²) in [7, 11) is 0. The van der Waals surface area contributed by atoms with Gasteiger partial charge in [-0.15, -0.1) is 11.8 Å². The SMILES string of the molecule is Cc1cc(SC#N)ccc1NC(=O)COC(=O)CSc1ccccc1C. The Morgan fingerprint density at radius 2 is 1.92 bits per heavy atom. The van der Waals surface area contributed by atoms with E-state index in [1.165, 1.54) is 11.8 Å². The van der Waals surface area contributed by atoms with Crippen LogP contribution in [0.5, 0.6) is 0 Å². The first-order valence-corrected chi connectivity index (χ1v) is 9.60. The minimum absolute atomic E-state index is 0.150. The average Bonchev–Trinajstić information content (AvgIpc) is 2.62. The number of hydrogen-bond donors (Lipinski definition) is 1. The van der Waals surface area contributed by atoms with Crippen LogP contribution in [0.25, 0.3) is 0 Å². The van der Waals surface area contributed by atoms with Crippen molar-refractivity contribution in [2.45, 2.75) is 23.6 Å². The number of rotatable bonds is 7. The lowest BCUT2D eigenvalue weighted by Gasteiger charge is -2.10. The highest BCUT2D eigenvalue weighted by molar-refractivity contribution is 8.03. The van der Waals surface area contributed by atoms with Gasteiger partial charge in [0, 0.05) is 15.5 Å². The Balaban J connectivity index is 1.79. The fraction of sp³-hybridized carbons (Fsp3) is 0.211. The highest BCUT2D eigenvalue weighted by Gasteiger charge is 2.10. The van der Waals surface area contributed by atoms with Crippen molar-refractivity contribution in [1.29, 1.82) is 5.26 Å². The molecule has 7 heteroatoms. The predicted octanol–water partition coefficient (Wildman–Crippen LogP) is 4.15. The van der Waals surface area contributed by atoms with Gasteiger partial charge in [0.2, 0.25) is 0 Å². The maximum Gasteiger partial charge on any atom is 0.316 e. The average molecular weight is 386 g/mol. The zero-order chi connectivity index (χ0) is 18.9. The number of hydrogen-bond acceptors (Lipinski definition) is 6. The summed E-state index contributed by atoms with van der Waals surface area (Å²) in [6, 6.07) is 13.1. The van der Waals surface area contributed by atoms with E-state index in [4.69, 9.17) is 10.00 Å². The molecule has 0 aliphatic carbocycles. The summed E-state index contributed by atoms with van der Waals surface area (Å²) < 4.78 is 5.02. The number of thioether (sulfide) groups is 2. The van der Waals surface area contributed by atoms with Gasteiger partial charge in [0.25, 0.3) is 5.91 Å². The molecule has 0 aliphatic rings. The first-order chi connectivity index (χ1) is 12.5. The van der Waals surface area contributed by atoms with Gasteiger partial charge in [-0.3, -0.25) is 9.59 Å². The van der Waals surface area contributed by atoms with Gasteiger partial charge in [-0.25, -0.2) is 0 Å². The summed E-state index contributed by atoms with van der Waals surface area (Å²) in [5.41, 5.74) is 2.55. The maximum atomic E-state index is 12.0. The number of aryl methyl sites for hydroxylation is 2. The van der Waals surface area contributed by atoms with E-state index in [-0.39, 0.29) is 12.4 Å². The van der Waals surface area contributed by atoms with Crippen molar-refractivity contribution in [3.8, 4) is 5.40 Å². The summed E-state index contributed by atoms with van der Waals surface area (Å²) in [4.78, 5) is 25.6. The molecule has 0 radical (unpaired) electrons. The number of nitriles is 1. The molecule has 2 aromatic carbocycles. The third kappa shape index (κ3) is 6.14. The van der Waals surface area contributed by atoms with Crippen LogP contribution >= 0.6 is 23.5 Å². The first kappa shape index (κ1) is 19.9. The summed E-state index contributed by atoms with van der Waals surface area (Å²) in [6.07, 6.45) is 0. The monoisotopic (exact) mass is 386 g/mol. The lowest BCUT2D eigenvalue weighted by atomic mass is 10.2. The van der Waals surface area contributed by atoms with E-state index in [0.29, 0.717) is 5.69 Å². The minimum Gasteiger partial charge on any atom is -0.455 e. The Morgan fingerprint density at radius 3 is 2.62 bits per heavy atom. The predicted molar refractivity (Wildman–Crippen MR) is 104 cm³/mol. The molecule has 0 bridgehead atoms. The molecule has 0 saturated carbocycles. The molecule has 5 nitrogen and oxygen atoms in total. The molecule has 0 aliphatic heterocycles. The maximum absolute atomic E-state index is 12.0. The highest BCUT2D eigenvalue weighted by atomic mass is 32.2. The van der Waals surface area contributed by atoms with E-state index in [1.807, 2.05) is 49.6 Å². The number of esters is 1. The minimum atomic E-state index is -0.439. The van der Waals surface area contributed by atoms with E-state index in [1.54, 1.807) is 12.1 Å². The number of amides is 1. The number of benzene rings is 2. The number of thiocyanates is 1. The molecule has 1 amide bonds. The van der Waals surface area contributed by atoms with Gasteiger partial charge in [0.15, 0.2) is 6.61 Å². The Labute approximate surface area is 161 Å². The van der Waals surface area contributed by atoms with Gasteiger partial charge in [-0.2, -0.15) is 5.26 Å². The molecule has 134 valence electrons. The number of carbonyl (C=O) groups excluding carboxylic acids is 2. The van der Waals surface area contributed by atoms with Gasteiger partial charge in [0.05, 0.1) is 5.75 Å². The second-order valence-electron chi connectivity index (χ2n) is 5.43. The zero-order valence-electron chi connectivity index (χ0n) is 14.4. The first-order valence-electron chi connectivity index (χ1n) is 7.80. The van der Waals surface area contributed by atoms with Crippen LogP contribution in [0, 0.1) is 24.5 Å². The lowest BCUT2D eigenvalue weighted by Crippen LogP contribution is -2.22. The van der Waals surface area contributed by atoms with Crippen LogP contribution in [-0.4, -0.2) is 24.2 Å². The topological polar surface area (TPSA) is 79.2 Å². The molecule has 1 N–H and O–H groups in total. The normalized spacial score (nSPS) is 10.0. The smallest absolute Gasteiger partial charge is 0.316 e. The van der Waals surface area contributed by atoms with Crippen LogP contribution in [0.2, 0.25) is 0 Å². The van der Waals surface area contributed by atoms with Crippen molar-refractivity contribution in [1.82, 2.24) is 0 Å². The second kappa shape index (κ2) is 9.90. The molecule has 0 atom stereocenters. The van der Waals surface area contributed by atoms with Gasteiger partial charge in [-0.05, 0) is 61.0 Å². The van der Waals surface area contributed by atoms with E-state index >= 15 is 0 Å². The largest absolute Gasteiger partial charge is 0.455 e. The van der Waals surface area contributed by atoms with Crippen LogP contribution < -0.4 is 5.32 Å². The summed E-state index contributed by atoms with van der Waals surface area (Å²) in [6.45, 7) is 3.48. The molecule has 0 saturated heterocycles. The van der Waals surface area contributed by atoms with Crippen LogP contribution in [0.4, 0.5) is 5.69 Å². The van der Waals surface area contributed by atoms with E-state index in [9.17, 15) is 9.59 Å². The van der Waals surface area contributed by atoms with E-state index in [2.05, 4.69) is 5.32 Å². The summed E-state index contributed by atoms with van der Waals surface area (Å²) in [5.74, 6) is -0.689. The zero-order valence-corrected chi connectivity index (χ0v) is 16.1. The molecule has 0 aromatic heterocycles. The molecule has 26 heavy (non-hydrogen) atoms. The number of nitrogens with one attached hydrogen (secondary N) is 1. The molecule has 2 aromatic rings. The van der Waals surface area contributed by atoms with Crippen molar-refractivity contribution >= 4 is 41.1 Å². The summed E-state index contributed by atoms with van der Waals surface area (Å²) in [5, 5.41) is 13.4. The standard InChI is InChI=1S/C19H18N2O3S2/c1-13-5-3-4-6-17(13)25-11-19(23)24-10-18(22)21-16-8-7-15(26-12-20)9-14(16)2/h3-9H,10-11H2,1-2H3,(H,21,22). The van der Waals surface area contributed by atoms with Crippen molar-refractivity contribution in [3.63, 3.8) is 0 Å². The van der Waals surface area contributed by atoms with Gasteiger partial charge in [-0.1, -0.05) is 18.2 Å². The van der Waals surface area contributed by atoms with Crippen LogP contribution in [0.3, 0.4) is 0 Å². The van der Waals surface area contributed by atoms with Crippen molar-refractivity contribution < 1.29 is 14.3 Å². The van der Waals surface area contributed by atoms with Crippen molar-refractivity contribution in [2.75, 3.05) is 17.7 Å². The van der Waals surface area contributed by atoms with E-state index in [0.717, 1.165) is 32.7 Å². The highest BCUT2D eigenvalue weighted by Crippen LogP contribution is 2.23. The quantitative estimate of drug-likeness (QED) is 0.437. The molecule has 0 unspecified atom stereocenters. The Morgan fingerprint density at radius 1 is 1.15 bits per heavy atom. The molecule has 2 rings (SSSR count). The molecular weight excluding hydrogens is 368 g/mol.